The number of thioether (sulfide) groups is 1. The maximum Gasteiger partial charge on any atom is 0.335 e. The molecule has 0 fully saturated rings. The van der Waals surface area contributed by atoms with Crippen molar-refractivity contribution >= 4 is 23.6 Å². The zero-order chi connectivity index (χ0) is 12.7. The number of rotatable bonds is 6. The van der Waals surface area contributed by atoms with E-state index >= 15 is 0 Å². The van der Waals surface area contributed by atoms with Gasteiger partial charge >= 0.3 is 5.97 Å². The minimum absolute atomic E-state index is 0.0172. The van der Waals surface area contributed by atoms with Crippen molar-refractivity contribution in [3.8, 4) is 0 Å². The standard InChI is InChI=1S/C12H15NO3S/c1-9(14)13-6-7-17-8-10-2-4-11(5-3-10)12(15)16/h2-5H,6-8H2,1H3,(H,13,14)(H,15,16). The largest absolute Gasteiger partial charge is 0.478 e. The molecule has 1 aromatic rings. The highest BCUT2D eigenvalue weighted by Crippen LogP contribution is 2.12. The van der Waals surface area contributed by atoms with Gasteiger partial charge in [-0.2, -0.15) is 11.8 Å². The summed E-state index contributed by atoms with van der Waals surface area (Å²) in [6, 6.07) is 6.84. The number of carboxylic acid groups (broad SMARTS) is 1. The summed E-state index contributed by atoms with van der Waals surface area (Å²) in [6.45, 7) is 2.16. The average molecular weight is 253 g/mol. The molecule has 0 spiro atoms. The lowest BCUT2D eigenvalue weighted by molar-refractivity contribution is -0.118. The van der Waals surface area contributed by atoms with Crippen LogP contribution in [0.3, 0.4) is 0 Å². The van der Waals surface area contributed by atoms with Crippen LogP contribution < -0.4 is 5.32 Å². The Morgan fingerprint density at radius 2 is 1.94 bits per heavy atom. The van der Waals surface area contributed by atoms with E-state index in [4.69, 9.17) is 5.11 Å². The van der Waals surface area contributed by atoms with Crippen molar-refractivity contribution in [1.29, 1.82) is 0 Å². The van der Waals surface area contributed by atoms with Crippen molar-refractivity contribution < 1.29 is 14.7 Å². The molecule has 0 heterocycles. The minimum atomic E-state index is -0.908. The highest BCUT2D eigenvalue weighted by molar-refractivity contribution is 7.98. The molecule has 1 aromatic carbocycles. The normalized spacial score (nSPS) is 9.94. The molecule has 0 unspecified atom stereocenters. The Morgan fingerprint density at radius 3 is 2.47 bits per heavy atom. The summed E-state index contributed by atoms with van der Waals surface area (Å²) in [4.78, 5) is 21.2. The number of carbonyl (C=O) groups excluding carboxylic acids is 1. The van der Waals surface area contributed by atoms with Gasteiger partial charge in [0.2, 0.25) is 5.91 Å². The monoisotopic (exact) mass is 253 g/mol. The molecule has 0 aliphatic heterocycles. The van der Waals surface area contributed by atoms with Crippen LogP contribution in [0.15, 0.2) is 24.3 Å². The average Bonchev–Trinajstić information content (AvgIpc) is 2.29. The molecule has 0 radical (unpaired) electrons. The molecule has 0 saturated carbocycles. The maximum absolute atomic E-state index is 10.6. The molecule has 1 rings (SSSR count). The maximum atomic E-state index is 10.6. The highest BCUT2D eigenvalue weighted by Gasteiger charge is 2.01. The topological polar surface area (TPSA) is 66.4 Å². The lowest BCUT2D eigenvalue weighted by Gasteiger charge is -2.03. The van der Waals surface area contributed by atoms with Crippen LogP contribution in [0.1, 0.15) is 22.8 Å². The molecule has 0 aromatic heterocycles. The van der Waals surface area contributed by atoms with Crippen molar-refractivity contribution in [2.45, 2.75) is 12.7 Å². The molecule has 17 heavy (non-hydrogen) atoms. The van der Waals surface area contributed by atoms with Crippen molar-refractivity contribution in [3.63, 3.8) is 0 Å². The molecule has 2 N–H and O–H groups in total. The second kappa shape index (κ2) is 6.96. The predicted molar refractivity (Wildman–Crippen MR) is 68.2 cm³/mol. The van der Waals surface area contributed by atoms with Crippen LogP contribution in [-0.2, 0) is 10.5 Å². The van der Waals surface area contributed by atoms with Gasteiger partial charge in [-0.3, -0.25) is 4.79 Å². The minimum Gasteiger partial charge on any atom is -0.478 e. The van der Waals surface area contributed by atoms with Gasteiger partial charge in [0, 0.05) is 25.0 Å². The molecular formula is C12H15NO3S. The van der Waals surface area contributed by atoms with Crippen molar-refractivity contribution in [1.82, 2.24) is 5.32 Å². The van der Waals surface area contributed by atoms with Gasteiger partial charge in [-0.05, 0) is 17.7 Å². The van der Waals surface area contributed by atoms with E-state index in [1.807, 2.05) is 12.1 Å². The molecule has 0 bridgehead atoms. The molecule has 0 aliphatic rings. The van der Waals surface area contributed by atoms with Gasteiger partial charge < -0.3 is 10.4 Å². The first-order valence-electron chi connectivity index (χ1n) is 5.24. The summed E-state index contributed by atoms with van der Waals surface area (Å²) in [5.74, 6) is 0.742. The quantitative estimate of drug-likeness (QED) is 0.758. The van der Waals surface area contributed by atoms with Gasteiger partial charge in [0.1, 0.15) is 0 Å². The van der Waals surface area contributed by atoms with Gasteiger partial charge in [0.05, 0.1) is 5.56 Å². The highest BCUT2D eigenvalue weighted by atomic mass is 32.2. The van der Waals surface area contributed by atoms with Crippen LogP contribution in [0.25, 0.3) is 0 Å². The molecular weight excluding hydrogens is 238 g/mol. The number of benzene rings is 1. The molecule has 0 aliphatic carbocycles. The smallest absolute Gasteiger partial charge is 0.335 e. The predicted octanol–water partition coefficient (Wildman–Crippen LogP) is 1.75. The van der Waals surface area contributed by atoms with Gasteiger partial charge in [0.25, 0.3) is 0 Å². The van der Waals surface area contributed by atoms with E-state index in [2.05, 4.69) is 5.32 Å². The van der Waals surface area contributed by atoms with Gasteiger partial charge in [0.15, 0.2) is 0 Å². The zero-order valence-corrected chi connectivity index (χ0v) is 10.4. The Bertz CT molecular complexity index is 389. The van der Waals surface area contributed by atoms with E-state index in [0.717, 1.165) is 17.1 Å². The number of amides is 1. The Morgan fingerprint density at radius 1 is 1.29 bits per heavy atom. The molecule has 0 saturated heterocycles. The Kier molecular flexibility index (Phi) is 5.56. The zero-order valence-electron chi connectivity index (χ0n) is 9.60. The Balaban J connectivity index is 2.27. The fourth-order valence-corrected chi connectivity index (χ4v) is 2.05. The van der Waals surface area contributed by atoms with Crippen LogP contribution in [0.5, 0.6) is 0 Å². The fraction of sp³-hybridized carbons (Fsp3) is 0.333. The van der Waals surface area contributed by atoms with Crippen molar-refractivity contribution in [2.75, 3.05) is 12.3 Å². The molecule has 0 atom stereocenters. The third-order valence-electron chi connectivity index (χ3n) is 2.09. The summed E-state index contributed by atoms with van der Waals surface area (Å²) in [6.07, 6.45) is 0. The van der Waals surface area contributed by atoms with E-state index in [9.17, 15) is 9.59 Å². The number of hydrogen-bond acceptors (Lipinski definition) is 3. The van der Waals surface area contributed by atoms with E-state index in [1.165, 1.54) is 6.92 Å². The first-order valence-corrected chi connectivity index (χ1v) is 6.39. The molecule has 5 heteroatoms. The summed E-state index contributed by atoms with van der Waals surface area (Å²) < 4.78 is 0. The van der Waals surface area contributed by atoms with Gasteiger partial charge in [-0.15, -0.1) is 0 Å². The first kappa shape index (κ1) is 13.6. The lowest BCUT2D eigenvalue weighted by Crippen LogP contribution is -2.22. The van der Waals surface area contributed by atoms with Crippen LogP contribution >= 0.6 is 11.8 Å². The van der Waals surface area contributed by atoms with E-state index in [-0.39, 0.29) is 5.91 Å². The fourth-order valence-electron chi connectivity index (χ4n) is 1.23. The van der Waals surface area contributed by atoms with Crippen LogP contribution in [0.4, 0.5) is 0 Å². The van der Waals surface area contributed by atoms with Gasteiger partial charge in [-0.1, -0.05) is 12.1 Å². The van der Waals surface area contributed by atoms with Crippen molar-refractivity contribution in [3.05, 3.63) is 35.4 Å². The van der Waals surface area contributed by atoms with Gasteiger partial charge in [-0.25, -0.2) is 4.79 Å². The van der Waals surface area contributed by atoms with Crippen molar-refractivity contribution in [2.24, 2.45) is 0 Å². The number of hydrogen-bond donors (Lipinski definition) is 2. The summed E-state index contributed by atoms with van der Waals surface area (Å²) in [7, 11) is 0. The van der Waals surface area contributed by atoms with Crippen LogP contribution in [0.2, 0.25) is 0 Å². The third kappa shape index (κ3) is 5.40. The number of carboxylic acids is 1. The summed E-state index contributed by atoms with van der Waals surface area (Å²) >= 11 is 1.70. The second-order valence-electron chi connectivity index (χ2n) is 3.54. The van der Waals surface area contributed by atoms with E-state index in [0.29, 0.717) is 12.1 Å². The second-order valence-corrected chi connectivity index (χ2v) is 4.64. The Hall–Kier alpha value is -1.49. The van der Waals surface area contributed by atoms with Crippen LogP contribution in [0, 0.1) is 0 Å². The summed E-state index contributed by atoms with van der Waals surface area (Å²) in [5.41, 5.74) is 1.39. The van der Waals surface area contributed by atoms with E-state index < -0.39 is 5.97 Å². The molecule has 4 nitrogen and oxygen atoms in total. The lowest BCUT2D eigenvalue weighted by atomic mass is 10.1. The number of carbonyl (C=O) groups is 2. The summed E-state index contributed by atoms with van der Waals surface area (Å²) in [5, 5.41) is 11.4. The SMILES string of the molecule is CC(=O)NCCSCc1ccc(C(=O)O)cc1. The number of aromatic carboxylic acids is 1. The van der Waals surface area contributed by atoms with Crippen LogP contribution in [-0.4, -0.2) is 29.3 Å². The first-order chi connectivity index (χ1) is 8.09. The number of nitrogens with one attached hydrogen (secondary N) is 1. The van der Waals surface area contributed by atoms with E-state index in [1.54, 1.807) is 23.9 Å². The third-order valence-corrected chi connectivity index (χ3v) is 3.12. The Labute approximate surface area is 104 Å². The molecule has 1 amide bonds. The molecule has 92 valence electrons.